The Labute approximate surface area is 128 Å². The van der Waals surface area contributed by atoms with Crippen LogP contribution in [0.1, 0.15) is 28.0 Å². The fourth-order valence-electron chi connectivity index (χ4n) is 3.07. The van der Waals surface area contributed by atoms with Gasteiger partial charge in [0.2, 0.25) is 0 Å². The number of rotatable bonds is 2. The van der Waals surface area contributed by atoms with Crippen LogP contribution in [0.2, 0.25) is 0 Å². The Hall–Kier alpha value is -2.56. The third kappa shape index (κ3) is 2.09. The molecule has 0 spiro atoms. The third-order valence-corrected chi connectivity index (χ3v) is 4.13. The van der Waals surface area contributed by atoms with Gasteiger partial charge in [-0.25, -0.2) is 0 Å². The van der Waals surface area contributed by atoms with Gasteiger partial charge in [0.1, 0.15) is 13.2 Å². The summed E-state index contributed by atoms with van der Waals surface area (Å²) in [5, 5.41) is 0. The first-order valence-corrected chi connectivity index (χ1v) is 7.45. The molecule has 0 atom stereocenters. The normalized spacial score (nSPS) is 15.5. The molecule has 112 valence electrons. The largest absolute Gasteiger partial charge is 0.486 e. The van der Waals surface area contributed by atoms with Crippen LogP contribution in [0.15, 0.2) is 24.3 Å². The Kier molecular flexibility index (Phi) is 2.99. The molecule has 2 aliphatic rings. The van der Waals surface area contributed by atoms with E-state index in [4.69, 9.17) is 20.2 Å². The van der Waals surface area contributed by atoms with Crippen LogP contribution in [0, 0.1) is 0 Å². The van der Waals surface area contributed by atoms with Gasteiger partial charge in [-0.05, 0) is 49.1 Å². The van der Waals surface area contributed by atoms with Crippen molar-refractivity contribution in [3.8, 4) is 22.8 Å². The third-order valence-electron chi connectivity index (χ3n) is 4.13. The van der Waals surface area contributed by atoms with Gasteiger partial charge in [-0.2, -0.15) is 0 Å². The summed E-state index contributed by atoms with van der Waals surface area (Å²) in [4.78, 5) is 16.5. The molecule has 0 unspecified atom stereocenters. The molecule has 5 nitrogen and oxygen atoms in total. The number of aryl methyl sites for hydroxylation is 2. The van der Waals surface area contributed by atoms with E-state index >= 15 is 0 Å². The molecule has 2 aromatic rings. The molecule has 22 heavy (non-hydrogen) atoms. The highest BCUT2D eigenvalue weighted by Gasteiger charge is 2.21. The average molecular weight is 296 g/mol. The molecule has 5 heteroatoms. The molecule has 1 aliphatic carbocycles. The second-order valence-corrected chi connectivity index (χ2v) is 5.57. The van der Waals surface area contributed by atoms with Crippen molar-refractivity contribution in [2.24, 2.45) is 5.73 Å². The van der Waals surface area contributed by atoms with Crippen molar-refractivity contribution in [3.05, 3.63) is 41.1 Å². The number of benzene rings is 1. The summed E-state index contributed by atoms with van der Waals surface area (Å²) in [5.41, 5.74) is 9.67. The number of pyridine rings is 1. The van der Waals surface area contributed by atoms with Gasteiger partial charge in [0, 0.05) is 11.3 Å². The summed E-state index contributed by atoms with van der Waals surface area (Å²) in [5.74, 6) is 0.949. The number of amides is 1. The van der Waals surface area contributed by atoms with Gasteiger partial charge in [-0.3, -0.25) is 9.78 Å². The first-order valence-electron chi connectivity index (χ1n) is 7.45. The van der Waals surface area contributed by atoms with Crippen LogP contribution in [0.5, 0.6) is 11.5 Å². The number of nitrogens with zero attached hydrogens (tertiary/aromatic N) is 1. The van der Waals surface area contributed by atoms with E-state index in [1.807, 2.05) is 24.3 Å². The molecule has 1 aromatic heterocycles. The Balaban J connectivity index is 1.86. The van der Waals surface area contributed by atoms with Crippen molar-refractivity contribution in [3.63, 3.8) is 0 Å². The molecule has 0 bridgehead atoms. The number of hydrogen-bond donors (Lipinski definition) is 1. The minimum Gasteiger partial charge on any atom is -0.486 e. The first kappa shape index (κ1) is 13.1. The zero-order valence-electron chi connectivity index (χ0n) is 12.1. The molecule has 4 rings (SSSR count). The van der Waals surface area contributed by atoms with E-state index in [9.17, 15) is 4.79 Å². The lowest BCUT2D eigenvalue weighted by atomic mass is 10.0. The second-order valence-electron chi connectivity index (χ2n) is 5.57. The van der Waals surface area contributed by atoms with Crippen LogP contribution in [-0.2, 0) is 12.8 Å². The van der Waals surface area contributed by atoms with Crippen molar-refractivity contribution in [2.75, 3.05) is 13.2 Å². The first-order chi connectivity index (χ1) is 10.7. The van der Waals surface area contributed by atoms with E-state index in [0.29, 0.717) is 30.2 Å². The Morgan fingerprint density at radius 3 is 2.73 bits per heavy atom. The van der Waals surface area contributed by atoms with Gasteiger partial charge in [0.05, 0.1) is 11.3 Å². The maximum absolute atomic E-state index is 11.8. The molecule has 1 amide bonds. The van der Waals surface area contributed by atoms with Crippen molar-refractivity contribution in [1.29, 1.82) is 0 Å². The number of fused-ring (bicyclic) bond motifs is 2. The van der Waals surface area contributed by atoms with Gasteiger partial charge in [-0.15, -0.1) is 0 Å². The highest BCUT2D eigenvalue weighted by molar-refractivity contribution is 5.99. The van der Waals surface area contributed by atoms with Crippen molar-refractivity contribution < 1.29 is 14.3 Å². The molecule has 1 aromatic carbocycles. The molecular formula is C17H16N2O3. The zero-order valence-corrected chi connectivity index (χ0v) is 12.1. The van der Waals surface area contributed by atoms with Crippen LogP contribution in [0.25, 0.3) is 11.3 Å². The van der Waals surface area contributed by atoms with E-state index in [-0.39, 0.29) is 0 Å². The van der Waals surface area contributed by atoms with E-state index < -0.39 is 5.91 Å². The highest BCUT2D eigenvalue weighted by Crippen LogP contribution is 2.36. The van der Waals surface area contributed by atoms with E-state index in [1.165, 1.54) is 0 Å². The van der Waals surface area contributed by atoms with Gasteiger partial charge in [0.25, 0.3) is 5.91 Å². The number of carbonyl (C=O) groups is 1. The van der Waals surface area contributed by atoms with Crippen LogP contribution in [0.4, 0.5) is 0 Å². The van der Waals surface area contributed by atoms with Crippen LogP contribution < -0.4 is 15.2 Å². The summed E-state index contributed by atoms with van der Waals surface area (Å²) in [6.45, 7) is 1.08. The molecule has 2 heterocycles. The summed E-state index contributed by atoms with van der Waals surface area (Å²) in [6, 6.07) is 7.50. The smallest absolute Gasteiger partial charge is 0.250 e. The minimum absolute atomic E-state index is 0.452. The lowest BCUT2D eigenvalue weighted by Gasteiger charge is -2.19. The number of hydrogen-bond acceptors (Lipinski definition) is 4. The van der Waals surface area contributed by atoms with Crippen LogP contribution >= 0.6 is 0 Å². The Morgan fingerprint density at radius 2 is 1.91 bits per heavy atom. The summed E-state index contributed by atoms with van der Waals surface area (Å²) in [6.07, 6.45) is 2.99. The fourth-order valence-corrected chi connectivity index (χ4v) is 3.07. The number of ether oxygens (including phenoxy) is 2. The molecule has 0 saturated heterocycles. The maximum atomic E-state index is 11.8. The topological polar surface area (TPSA) is 74.4 Å². The van der Waals surface area contributed by atoms with E-state index in [2.05, 4.69) is 0 Å². The van der Waals surface area contributed by atoms with Gasteiger partial charge < -0.3 is 15.2 Å². The van der Waals surface area contributed by atoms with Gasteiger partial charge in [0.15, 0.2) is 11.5 Å². The summed E-state index contributed by atoms with van der Waals surface area (Å²) < 4.78 is 11.1. The summed E-state index contributed by atoms with van der Waals surface area (Å²) >= 11 is 0. The van der Waals surface area contributed by atoms with Gasteiger partial charge in [-0.1, -0.05) is 0 Å². The van der Waals surface area contributed by atoms with Gasteiger partial charge >= 0.3 is 0 Å². The maximum Gasteiger partial charge on any atom is 0.250 e. The second kappa shape index (κ2) is 5.02. The van der Waals surface area contributed by atoms with E-state index in [1.54, 1.807) is 0 Å². The predicted octanol–water partition coefficient (Wildman–Crippen LogP) is 2.11. The summed E-state index contributed by atoms with van der Waals surface area (Å²) in [7, 11) is 0. The fraction of sp³-hybridized carbons (Fsp3) is 0.294. The SMILES string of the molecule is NC(=O)c1cc2c(nc1-c1ccc3c(c1)OCCO3)CCC2. The van der Waals surface area contributed by atoms with Crippen molar-refractivity contribution in [2.45, 2.75) is 19.3 Å². The number of nitrogens with two attached hydrogens (primary N) is 1. The molecule has 1 aliphatic heterocycles. The number of carbonyl (C=O) groups excluding carboxylic acids is 1. The molecule has 2 N–H and O–H groups in total. The van der Waals surface area contributed by atoms with E-state index in [0.717, 1.165) is 41.8 Å². The molecule has 0 saturated carbocycles. The molecular weight excluding hydrogens is 280 g/mol. The highest BCUT2D eigenvalue weighted by atomic mass is 16.6. The number of aromatic nitrogens is 1. The Bertz CT molecular complexity index is 771. The van der Waals surface area contributed by atoms with Crippen LogP contribution in [0.3, 0.4) is 0 Å². The zero-order chi connectivity index (χ0) is 15.1. The van der Waals surface area contributed by atoms with Crippen molar-refractivity contribution in [1.82, 2.24) is 4.98 Å². The van der Waals surface area contributed by atoms with Crippen LogP contribution in [-0.4, -0.2) is 24.1 Å². The lowest BCUT2D eigenvalue weighted by Crippen LogP contribution is -2.16. The Morgan fingerprint density at radius 1 is 1.09 bits per heavy atom. The van der Waals surface area contributed by atoms with Crippen molar-refractivity contribution >= 4 is 5.91 Å². The standard InChI is InChI=1S/C17H16N2O3/c18-17(20)12-8-10-2-1-3-13(10)19-16(12)11-4-5-14-15(9-11)22-7-6-21-14/h4-5,8-9H,1-3,6-7H2,(H2,18,20). The monoisotopic (exact) mass is 296 g/mol. The molecule has 0 fully saturated rings. The predicted molar refractivity (Wildman–Crippen MR) is 81.2 cm³/mol. The number of primary amides is 1. The average Bonchev–Trinajstić information content (AvgIpc) is 3.00. The lowest BCUT2D eigenvalue weighted by molar-refractivity contribution is 0.100. The quantitative estimate of drug-likeness (QED) is 0.921. The molecule has 0 radical (unpaired) electrons. The minimum atomic E-state index is -0.452.